The number of benzene rings is 3. The van der Waals surface area contributed by atoms with Crippen LogP contribution in [0.25, 0.3) is 11.1 Å². The highest BCUT2D eigenvalue weighted by atomic mass is 19.4. The molecule has 3 aromatic carbocycles. The predicted molar refractivity (Wildman–Crippen MR) is 148 cm³/mol. The summed E-state index contributed by atoms with van der Waals surface area (Å²) in [6.45, 7) is -1.38. The molecule has 5 nitrogen and oxygen atoms in total. The lowest BCUT2D eigenvalue weighted by Gasteiger charge is -2.31. The van der Waals surface area contributed by atoms with E-state index in [9.17, 15) is 22.8 Å². The third-order valence-electron chi connectivity index (χ3n) is 7.25. The molecule has 0 unspecified atom stereocenters. The van der Waals surface area contributed by atoms with Crippen LogP contribution in [0.3, 0.4) is 0 Å². The van der Waals surface area contributed by atoms with Crippen LogP contribution >= 0.6 is 0 Å². The molecular weight excluding hydrogens is 515 g/mol. The Morgan fingerprint density at radius 3 is 2.00 bits per heavy atom. The van der Waals surface area contributed by atoms with Crippen LogP contribution in [-0.4, -0.2) is 29.5 Å². The summed E-state index contributed by atoms with van der Waals surface area (Å²) in [5, 5.41) is 4.99. The first kappa shape index (κ1) is 27.1. The van der Waals surface area contributed by atoms with Crippen molar-refractivity contribution in [3.8, 4) is 11.1 Å². The van der Waals surface area contributed by atoms with Crippen LogP contribution < -0.4 is 10.6 Å². The van der Waals surface area contributed by atoms with Crippen LogP contribution in [0.4, 0.5) is 18.9 Å². The van der Waals surface area contributed by atoms with Gasteiger partial charge in [0, 0.05) is 11.3 Å². The summed E-state index contributed by atoms with van der Waals surface area (Å²) in [4.78, 5) is 30.4. The van der Waals surface area contributed by atoms with Crippen molar-refractivity contribution in [1.29, 1.82) is 0 Å². The summed E-state index contributed by atoms with van der Waals surface area (Å²) in [6, 6.07) is 27.4. The highest BCUT2D eigenvalue weighted by Gasteiger charge is 2.49. The van der Waals surface area contributed by atoms with Gasteiger partial charge in [-0.2, -0.15) is 13.2 Å². The molecule has 2 N–H and O–H groups in total. The maximum atomic E-state index is 13.6. The van der Waals surface area contributed by atoms with Gasteiger partial charge in [0.2, 0.25) is 5.91 Å². The molecule has 0 saturated carbocycles. The third-order valence-corrected chi connectivity index (χ3v) is 7.25. The molecule has 1 heterocycles. The second-order valence-electron chi connectivity index (χ2n) is 9.86. The SMILES string of the molecule is O=C(Nc1ccc(CCCCC2(C(=O)NCC(F)(F)F)c3ccccc3-c3ccccc32)nc1)c1ccccc1. The third kappa shape index (κ3) is 5.61. The van der Waals surface area contributed by atoms with Crippen molar-refractivity contribution in [2.45, 2.75) is 37.3 Å². The Morgan fingerprint density at radius 2 is 1.40 bits per heavy atom. The molecular formula is C32H28F3N3O2. The molecule has 40 heavy (non-hydrogen) atoms. The van der Waals surface area contributed by atoms with Crippen molar-refractivity contribution in [2.75, 3.05) is 11.9 Å². The molecule has 4 aromatic rings. The van der Waals surface area contributed by atoms with Gasteiger partial charge in [0.1, 0.15) is 12.0 Å². The number of carbonyl (C=O) groups is 2. The lowest BCUT2D eigenvalue weighted by molar-refractivity contribution is -0.141. The molecule has 1 aliphatic carbocycles. The molecule has 1 aliphatic rings. The van der Waals surface area contributed by atoms with E-state index >= 15 is 0 Å². The number of anilines is 1. The standard InChI is InChI=1S/C32H28F3N3O2/c33-32(34,35)21-37-30(40)31(27-15-6-4-13-25(27)26-14-5-7-16-28(26)31)19-9-8-12-23-17-18-24(20-36-23)38-29(39)22-10-2-1-3-11-22/h1-7,10-11,13-18,20H,8-9,12,19,21H2,(H,37,40)(H,38,39). The van der Waals surface area contributed by atoms with Crippen LogP contribution in [0.1, 0.15) is 46.4 Å². The first-order valence-corrected chi connectivity index (χ1v) is 13.1. The second-order valence-corrected chi connectivity index (χ2v) is 9.86. The molecule has 0 fully saturated rings. The Hall–Kier alpha value is -4.46. The summed E-state index contributed by atoms with van der Waals surface area (Å²) < 4.78 is 39.2. The molecule has 204 valence electrons. The van der Waals surface area contributed by atoms with Crippen molar-refractivity contribution in [1.82, 2.24) is 10.3 Å². The Morgan fingerprint density at radius 1 is 0.775 bits per heavy atom. The van der Waals surface area contributed by atoms with Crippen molar-refractivity contribution in [3.05, 3.63) is 120 Å². The van der Waals surface area contributed by atoms with E-state index in [0.717, 1.165) is 27.9 Å². The number of halogens is 3. The fourth-order valence-corrected chi connectivity index (χ4v) is 5.42. The van der Waals surface area contributed by atoms with Crippen molar-refractivity contribution < 1.29 is 22.8 Å². The number of carbonyl (C=O) groups excluding carboxylic acids is 2. The minimum Gasteiger partial charge on any atom is -0.346 e. The summed E-state index contributed by atoms with van der Waals surface area (Å²) in [6.07, 6.45) is -0.650. The Labute approximate surface area is 230 Å². The molecule has 5 rings (SSSR count). The average Bonchev–Trinajstić information content (AvgIpc) is 3.26. The number of nitrogens with zero attached hydrogens (tertiary/aromatic N) is 1. The number of hydrogen-bond acceptors (Lipinski definition) is 3. The highest BCUT2D eigenvalue weighted by molar-refractivity contribution is 6.04. The Balaban J connectivity index is 1.29. The molecule has 0 bridgehead atoms. The molecule has 2 amide bonds. The van der Waals surface area contributed by atoms with E-state index in [4.69, 9.17) is 0 Å². The van der Waals surface area contributed by atoms with E-state index in [2.05, 4.69) is 15.6 Å². The van der Waals surface area contributed by atoms with Crippen molar-refractivity contribution in [2.24, 2.45) is 0 Å². The number of rotatable bonds is 9. The Kier molecular flexibility index (Phi) is 7.69. The Bertz CT molecular complexity index is 1460. The number of pyridine rings is 1. The zero-order chi connectivity index (χ0) is 28.2. The zero-order valence-electron chi connectivity index (χ0n) is 21.7. The van der Waals surface area contributed by atoms with E-state index < -0.39 is 24.0 Å². The zero-order valence-corrected chi connectivity index (χ0v) is 21.7. The van der Waals surface area contributed by atoms with Gasteiger partial charge in [-0.1, -0.05) is 73.2 Å². The van der Waals surface area contributed by atoms with Gasteiger partial charge < -0.3 is 10.6 Å². The minimum absolute atomic E-state index is 0.221. The largest absolute Gasteiger partial charge is 0.405 e. The van der Waals surface area contributed by atoms with Crippen molar-refractivity contribution in [3.63, 3.8) is 0 Å². The monoisotopic (exact) mass is 543 g/mol. The molecule has 0 atom stereocenters. The highest BCUT2D eigenvalue weighted by Crippen LogP contribution is 2.51. The van der Waals surface area contributed by atoms with Gasteiger partial charge in [-0.15, -0.1) is 0 Å². The number of alkyl halides is 3. The molecule has 0 spiro atoms. The summed E-state index contributed by atoms with van der Waals surface area (Å²) >= 11 is 0. The molecule has 0 radical (unpaired) electrons. The lowest BCUT2D eigenvalue weighted by Crippen LogP contribution is -2.47. The van der Waals surface area contributed by atoms with Crippen molar-refractivity contribution >= 4 is 17.5 Å². The second kappa shape index (κ2) is 11.3. The van der Waals surface area contributed by atoms with E-state index in [1.54, 1.807) is 36.5 Å². The number of unbranched alkanes of at least 4 members (excludes halogenated alkanes) is 1. The van der Waals surface area contributed by atoms with Gasteiger partial charge in [0.05, 0.1) is 11.9 Å². The van der Waals surface area contributed by atoms with Crippen LogP contribution in [0.5, 0.6) is 0 Å². The lowest BCUT2D eigenvalue weighted by atomic mass is 9.73. The fraction of sp³-hybridized carbons (Fsp3) is 0.219. The van der Waals surface area contributed by atoms with Gasteiger partial charge in [0.15, 0.2) is 0 Å². The van der Waals surface area contributed by atoms with Gasteiger partial charge in [0.25, 0.3) is 5.91 Å². The first-order valence-electron chi connectivity index (χ1n) is 13.1. The van der Waals surface area contributed by atoms with Gasteiger partial charge >= 0.3 is 6.18 Å². The topological polar surface area (TPSA) is 71.1 Å². The molecule has 1 aromatic heterocycles. The number of hydrogen-bond donors (Lipinski definition) is 2. The maximum Gasteiger partial charge on any atom is 0.405 e. The average molecular weight is 544 g/mol. The number of amides is 2. The van der Waals surface area contributed by atoms with Crippen LogP contribution in [0.2, 0.25) is 0 Å². The molecule has 0 aliphatic heterocycles. The number of aromatic nitrogens is 1. The first-order chi connectivity index (χ1) is 19.3. The van der Waals surface area contributed by atoms with Crippen LogP contribution in [0.15, 0.2) is 97.2 Å². The summed E-state index contributed by atoms with van der Waals surface area (Å²) in [5.74, 6) is -0.861. The normalized spacial score (nSPS) is 13.3. The number of fused-ring (bicyclic) bond motifs is 3. The van der Waals surface area contributed by atoms with E-state index in [1.807, 2.05) is 60.7 Å². The number of nitrogens with one attached hydrogen (secondary N) is 2. The van der Waals surface area contributed by atoms with E-state index in [-0.39, 0.29) is 5.91 Å². The number of aryl methyl sites for hydroxylation is 1. The molecule has 0 saturated heterocycles. The van der Waals surface area contributed by atoms with Gasteiger partial charge in [-0.05, 0) is 65.8 Å². The summed E-state index contributed by atoms with van der Waals surface area (Å²) in [5.41, 5.74) is 3.94. The van der Waals surface area contributed by atoms with Crippen LogP contribution in [-0.2, 0) is 16.6 Å². The predicted octanol–water partition coefficient (Wildman–Crippen LogP) is 6.69. The van der Waals surface area contributed by atoms with Gasteiger partial charge in [-0.25, -0.2) is 0 Å². The van der Waals surface area contributed by atoms with E-state index in [1.165, 1.54) is 0 Å². The quantitative estimate of drug-likeness (QED) is 0.231. The fourth-order valence-electron chi connectivity index (χ4n) is 5.42. The molecule has 8 heteroatoms. The maximum absolute atomic E-state index is 13.6. The minimum atomic E-state index is -4.51. The van der Waals surface area contributed by atoms with E-state index in [0.29, 0.717) is 36.9 Å². The smallest absolute Gasteiger partial charge is 0.346 e. The summed E-state index contributed by atoms with van der Waals surface area (Å²) in [7, 11) is 0. The van der Waals surface area contributed by atoms with Gasteiger partial charge in [-0.3, -0.25) is 14.6 Å². The van der Waals surface area contributed by atoms with Crippen LogP contribution in [0, 0.1) is 0 Å².